The zero-order valence-electron chi connectivity index (χ0n) is 15.3. The molecule has 0 radical (unpaired) electrons. The number of rotatable bonds is 8. The number of nitrogens with zero attached hydrogens (tertiary/aromatic N) is 1. The molecular weight excluding hydrogens is 304 g/mol. The number of carbonyl (C=O) groups excluding carboxylic acids is 1. The lowest BCUT2D eigenvalue weighted by Crippen LogP contribution is -2.43. The largest absolute Gasteiger partial charge is 0.454 e. The lowest BCUT2D eigenvalue weighted by atomic mass is 10.0. The molecule has 1 aromatic rings. The van der Waals surface area contributed by atoms with Gasteiger partial charge in [0.25, 0.3) is 0 Å². The van der Waals surface area contributed by atoms with Gasteiger partial charge < -0.3 is 19.7 Å². The van der Waals surface area contributed by atoms with E-state index in [0.29, 0.717) is 19.0 Å². The highest BCUT2D eigenvalue weighted by molar-refractivity contribution is 5.74. The molecule has 1 atom stereocenters. The molecule has 5 nitrogen and oxygen atoms in total. The van der Waals surface area contributed by atoms with Crippen LogP contribution in [0.1, 0.15) is 52.5 Å². The van der Waals surface area contributed by atoms with E-state index in [1.165, 1.54) is 6.42 Å². The van der Waals surface area contributed by atoms with E-state index >= 15 is 0 Å². The standard InChI is InChI=1S/C19H30N2O3/c1-5-21(19(22)20-15(4)8-6-7-14(2)3)12-16-9-10-17-18(11-16)24-13-23-17/h9-11,14-15H,5-8,12-13H2,1-4H3,(H,20,22). The lowest BCUT2D eigenvalue weighted by Gasteiger charge is -2.24. The smallest absolute Gasteiger partial charge is 0.317 e. The second-order valence-corrected chi connectivity index (χ2v) is 6.88. The molecule has 1 aliphatic rings. The summed E-state index contributed by atoms with van der Waals surface area (Å²) >= 11 is 0. The topological polar surface area (TPSA) is 50.8 Å². The highest BCUT2D eigenvalue weighted by Gasteiger charge is 2.17. The number of amides is 2. The summed E-state index contributed by atoms with van der Waals surface area (Å²) in [4.78, 5) is 14.3. The lowest BCUT2D eigenvalue weighted by molar-refractivity contribution is 0.173. The molecule has 0 aromatic heterocycles. The van der Waals surface area contributed by atoms with Crippen LogP contribution in [-0.4, -0.2) is 30.3 Å². The van der Waals surface area contributed by atoms with E-state index in [9.17, 15) is 4.79 Å². The van der Waals surface area contributed by atoms with Crippen LogP contribution >= 0.6 is 0 Å². The molecule has 0 fully saturated rings. The second kappa shape index (κ2) is 8.81. The number of hydrogen-bond acceptors (Lipinski definition) is 3. The predicted molar refractivity (Wildman–Crippen MR) is 95.3 cm³/mol. The van der Waals surface area contributed by atoms with Gasteiger partial charge in [0.15, 0.2) is 11.5 Å². The van der Waals surface area contributed by atoms with Crippen LogP contribution in [-0.2, 0) is 6.54 Å². The fourth-order valence-corrected chi connectivity index (χ4v) is 2.79. The summed E-state index contributed by atoms with van der Waals surface area (Å²) in [6.07, 6.45) is 3.37. The zero-order valence-corrected chi connectivity index (χ0v) is 15.3. The Morgan fingerprint density at radius 2 is 1.96 bits per heavy atom. The number of benzene rings is 1. The molecule has 0 saturated carbocycles. The minimum Gasteiger partial charge on any atom is -0.454 e. The van der Waals surface area contributed by atoms with E-state index in [1.807, 2.05) is 30.0 Å². The van der Waals surface area contributed by atoms with Crippen molar-refractivity contribution >= 4 is 6.03 Å². The molecule has 1 aromatic carbocycles. The van der Waals surface area contributed by atoms with Crippen LogP contribution in [0.25, 0.3) is 0 Å². The number of carbonyl (C=O) groups is 1. The van der Waals surface area contributed by atoms with Crippen molar-refractivity contribution in [3.8, 4) is 11.5 Å². The fraction of sp³-hybridized carbons (Fsp3) is 0.632. The summed E-state index contributed by atoms with van der Waals surface area (Å²) in [5.41, 5.74) is 1.05. The SMILES string of the molecule is CCN(Cc1ccc2c(c1)OCO2)C(=O)NC(C)CCCC(C)C. The van der Waals surface area contributed by atoms with Crippen molar-refractivity contribution in [2.45, 2.75) is 59.5 Å². The van der Waals surface area contributed by atoms with Crippen LogP contribution in [0.15, 0.2) is 18.2 Å². The van der Waals surface area contributed by atoms with Crippen LogP contribution in [0.5, 0.6) is 11.5 Å². The first kappa shape index (κ1) is 18.4. The molecule has 0 spiro atoms. The summed E-state index contributed by atoms with van der Waals surface area (Å²) in [5.74, 6) is 2.24. The van der Waals surface area contributed by atoms with Crippen molar-refractivity contribution < 1.29 is 14.3 Å². The van der Waals surface area contributed by atoms with Gasteiger partial charge in [-0.3, -0.25) is 0 Å². The zero-order chi connectivity index (χ0) is 17.5. The van der Waals surface area contributed by atoms with Gasteiger partial charge >= 0.3 is 6.03 Å². The van der Waals surface area contributed by atoms with Crippen LogP contribution in [0.3, 0.4) is 0 Å². The van der Waals surface area contributed by atoms with E-state index in [-0.39, 0.29) is 18.9 Å². The Kier molecular flexibility index (Phi) is 6.76. The van der Waals surface area contributed by atoms with Crippen molar-refractivity contribution in [3.63, 3.8) is 0 Å². The minimum atomic E-state index is -0.00721. The average Bonchev–Trinajstić information content (AvgIpc) is 2.99. The Morgan fingerprint density at radius 3 is 2.67 bits per heavy atom. The van der Waals surface area contributed by atoms with Gasteiger partial charge in [-0.25, -0.2) is 4.79 Å². The molecule has 134 valence electrons. The maximum absolute atomic E-state index is 12.5. The van der Waals surface area contributed by atoms with E-state index in [2.05, 4.69) is 26.1 Å². The van der Waals surface area contributed by atoms with Gasteiger partial charge in [0, 0.05) is 19.1 Å². The third-order valence-electron chi connectivity index (χ3n) is 4.27. The molecule has 0 aliphatic carbocycles. The Hall–Kier alpha value is -1.91. The Balaban J connectivity index is 1.85. The second-order valence-electron chi connectivity index (χ2n) is 6.88. The molecule has 1 aliphatic heterocycles. The molecule has 5 heteroatoms. The van der Waals surface area contributed by atoms with Crippen LogP contribution < -0.4 is 14.8 Å². The Labute approximate surface area is 145 Å². The number of hydrogen-bond donors (Lipinski definition) is 1. The minimum absolute atomic E-state index is 0.00721. The molecule has 1 heterocycles. The number of urea groups is 1. The van der Waals surface area contributed by atoms with Crippen molar-refractivity contribution in [1.82, 2.24) is 10.2 Å². The molecule has 1 N–H and O–H groups in total. The number of fused-ring (bicyclic) bond motifs is 1. The van der Waals surface area contributed by atoms with Crippen molar-refractivity contribution in [3.05, 3.63) is 23.8 Å². The number of ether oxygens (including phenoxy) is 2. The molecule has 24 heavy (non-hydrogen) atoms. The summed E-state index contributed by atoms with van der Waals surface area (Å²) in [7, 11) is 0. The monoisotopic (exact) mass is 334 g/mol. The highest BCUT2D eigenvalue weighted by Crippen LogP contribution is 2.32. The van der Waals surface area contributed by atoms with Gasteiger partial charge in [0.05, 0.1) is 0 Å². The summed E-state index contributed by atoms with van der Waals surface area (Å²) in [6, 6.07) is 6.02. The summed E-state index contributed by atoms with van der Waals surface area (Å²) in [6.45, 7) is 10.0. The van der Waals surface area contributed by atoms with Crippen LogP contribution in [0, 0.1) is 5.92 Å². The van der Waals surface area contributed by atoms with Gasteiger partial charge in [-0.1, -0.05) is 32.8 Å². The fourth-order valence-electron chi connectivity index (χ4n) is 2.79. The van der Waals surface area contributed by atoms with Crippen molar-refractivity contribution in [1.29, 1.82) is 0 Å². The first-order valence-corrected chi connectivity index (χ1v) is 8.93. The van der Waals surface area contributed by atoms with E-state index < -0.39 is 0 Å². The van der Waals surface area contributed by atoms with E-state index in [1.54, 1.807) is 0 Å². The summed E-state index contributed by atoms with van der Waals surface area (Å²) < 4.78 is 10.7. The van der Waals surface area contributed by atoms with Gasteiger partial charge in [0.1, 0.15) is 0 Å². The Morgan fingerprint density at radius 1 is 1.21 bits per heavy atom. The van der Waals surface area contributed by atoms with Gasteiger partial charge in [-0.15, -0.1) is 0 Å². The molecule has 1 unspecified atom stereocenters. The molecule has 0 bridgehead atoms. The first-order chi connectivity index (χ1) is 11.5. The van der Waals surface area contributed by atoms with Gasteiger partial charge in [-0.2, -0.15) is 0 Å². The average molecular weight is 334 g/mol. The maximum Gasteiger partial charge on any atom is 0.317 e. The molecular formula is C19H30N2O3. The molecule has 0 saturated heterocycles. The van der Waals surface area contributed by atoms with Gasteiger partial charge in [0.2, 0.25) is 6.79 Å². The third-order valence-corrected chi connectivity index (χ3v) is 4.27. The van der Waals surface area contributed by atoms with E-state index in [0.717, 1.165) is 29.9 Å². The number of nitrogens with one attached hydrogen (secondary N) is 1. The molecule has 2 amide bonds. The maximum atomic E-state index is 12.5. The van der Waals surface area contributed by atoms with Crippen LogP contribution in [0.2, 0.25) is 0 Å². The van der Waals surface area contributed by atoms with Crippen molar-refractivity contribution in [2.24, 2.45) is 5.92 Å². The van der Waals surface area contributed by atoms with Gasteiger partial charge in [-0.05, 0) is 43.9 Å². The normalized spacial score (nSPS) is 13.9. The first-order valence-electron chi connectivity index (χ1n) is 8.93. The quantitative estimate of drug-likeness (QED) is 0.776. The Bertz CT molecular complexity index is 545. The third kappa shape index (κ3) is 5.32. The van der Waals surface area contributed by atoms with Crippen molar-refractivity contribution in [2.75, 3.05) is 13.3 Å². The highest BCUT2D eigenvalue weighted by atomic mass is 16.7. The summed E-state index contributed by atoms with van der Waals surface area (Å²) in [5, 5.41) is 3.11. The van der Waals surface area contributed by atoms with Crippen LogP contribution in [0.4, 0.5) is 4.79 Å². The molecule has 2 rings (SSSR count). The van der Waals surface area contributed by atoms with E-state index in [4.69, 9.17) is 9.47 Å². The predicted octanol–water partition coefficient (Wildman–Crippen LogP) is 4.16.